The van der Waals surface area contributed by atoms with Crippen molar-refractivity contribution in [3.05, 3.63) is 23.8 Å². The number of nitrogens with one attached hydrogen (secondary N) is 1. The van der Waals surface area contributed by atoms with Gasteiger partial charge in [-0.25, -0.2) is 13.1 Å². The van der Waals surface area contributed by atoms with E-state index in [4.69, 9.17) is 0 Å². The highest BCUT2D eigenvalue weighted by Gasteiger charge is 2.18. The Balaban J connectivity index is 3.11. The molecule has 1 aromatic carbocycles. The minimum atomic E-state index is -3.63. The Kier molecular flexibility index (Phi) is 4.24. The third-order valence-electron chi connectivity index (χ3n) is 1.94. The van der Waals surface area contributed by atoms with E-state index in [1.54, 1.807) is 0 Å². The number of benzene rings is 1. The van der Waals surface area contributed by atoms with Gasteiger partial charge in [-0.15, -0.1) is 0 Å². The van der Waals surface area contributed by atoms with E-state index in [-0.39, 0.29) is 5.56 Å². The maximum absolute atomic E-state index is 12.1. The molecule has 0 saturated carbocycles. The van der Waals surface area contributed by atoms with Crippen LogP contribution in [0, 0.1) is 0 Å². The molecular formula is C9H11F2NO4S. The van der Waals surface area contributed by atoms with Crippen LogP contribution in [0.4, 0.5) is 8.78 Å². The molecule has 0 unspecified atom stereocenters. The van der Waals surface area contributed by atoms with Crippen molar-refractivity contribution in [3.8, 4) is 11.5 Å². The zero-order chi connectivity index (χ0) is 13.1. The summed E-state index contributed by atoms with van der Waals surface area (Å²) < 4.78 is 52.9. The minimum absolute atomic E-state index is 0.0420. The van der Waals surface area contributed by atoms with Crippen LogP contribution < -0.4 is 9.46 Å². The first-order valence-corrected chi connectivity index (χ1v) is 6.18. The number of ether oxygens (including phenoxy) is 1. The van der Waals surface area contributed by atoms with Crippen molar-refractivity contribution in [1.82, 2.24) is 4.72 Å². The average Bonchev–Trinajstić information content (AvgIpc) is 2.22. The second-order valence-corrected chi connectivity index (χ2v) is 5.03. The summed E-state index contributed by atoms with van der Waals surface area (Å²) in [5.74, 6) is -1.62. The molecule has 0 aliphatic carbocycles. The third-order valence-corrected chi connectivity index (χ3v) is 3.25. The maximum Gasteiger partial charge on any atom is 0.387 e. The lowest BCUT2D eigenvalue weighted by atomic mass is 10.2. The summed E-state index contributed by atoms with van der Waals surface area (Å²) in [7, 11) is -2.43. The molecule has 5 nitrogen and oxygen atoms in total. The molecule has 17 heavy (non-hydrogen) atoms. The Hall–Kier alpha value is -1.41. The van der Waals surface area contributed by atoms with E-state index in [1.165, 1.54) is 19.2 Å². The first-order valence-electron chi connectivity index (χ1n) is 4.52. The fraction of sp³-hybridized carbons (Fsp3) is 0.333. The molecule has 0 amide bonds. The highest BCUT2D eigenvalue weighted by molar-refractivity contribution is 7.88. The normalized spacial score (nSPS) is 11.8. The number of rotatable bonds is 5. The van der Waals surface area contributed by atoms with Crippen LogP contribution in [0.1, 0.15) is 5.56 Å². The van der Waals surface area contributed by atoms with Crippen molar-refractivity contribution >= 4 is 10.0 Å². The first kappa shape index (κ1) is 13.7. The number of aromatic hydroxyl groups is 1. The van der Waals surface area contributed by atoms with Gasteiger partial charge >= 0.3 is 6.61 Å². The van der Waals surface area contributed by atoms with E-state index in [1.807, 2.05) is 4.72 Å². The molecule has 0 spiro atoms. The molecule has 8 heteroatoms. The van der Waals surface area contributed by atoms with Crippen LogP contribution in [0.25, 0.3) is 0 Å². The second-order valence-electron chi connectivity index (χ2n) is 3.11. The number of halogens is 2. The van der Waals surface area contributed by atoms with Gasteiger partial charge in [0.2, 0.25) is 10.0 Å². The number of alkyl halides is 2. The fourth-order valence-electron chi connectivity index (χ4n) is 1.19. The highest BCUT2D eigenvalue weighted by atomic mass is 32.2. The predicted octanol–water partition coefficient (Wildman–Crippen LogP) is 1.04. The summed E-state index contributed by atoms with van der Waals surface area (Å²) >= 11 is 0. The van der Waals surface area contributed by atoms with Crippen molar-refractivity contribution in [2.24, 2.45) is 0 Å². The third kappa shape index (κ3) is 3.82. The summed E-state index contributed by atoms with van der Waals surface area (Å²) in [6.45, 7) is -3.14. The summed E-state index contributed by atoms with van der Waals surface area (Å²) in [5.41, 5.74) is -0.0420. The number of phenols is 1. The fourth-order valence-corrected chi connectivity index (χ4v) is 1.97. The first-order chi connectivity index (χ1) is 7.85. The number of hydrogen-bond acceptors (Lipinski definition) is 4. The van der Waals surface area contributed by atoms with Gasteiger partial charge < -0.3 is 9.84 Å². The molecule has 0 aliphatic heterocycles. The average molecular weight is 267 g/mol. The summed E-state index contributed by atoms with van der Waals surface area (Å²) in [4.78, 5) is 0. The van der Waals surface area contributed by atoms with Gasteiger partial charge in [-0.3, -0.25) is 0 Å². The highest BCUT2D eigenvalue weighted by Crippen LogP contribution is 2.32. The van der Waals surface area contributed by atoms with Crippen LogP contribution in [0.15, 0.2) is 18.2 Å². The molecule has 1 aromatic rings. The predicted molar refractivity (Wildman–Crippen MR) is 56.4 cm³/mol. The van der Waals surface area contributed by atoms with Crippen LogP contribution in [0.2, 0.25) is 0 Å². The number of phenolic OH excluding ortho intramolecular Hbond substituents is 1. The van der Waals surface area contributed by atoms with Gasteiger partial charge in [0.15, 0.2) is 11.5 Å². The van der Waals surface area contributed by atoms with Crippen molar-refractivity contribution in [1.29, 1.82) is 0 Å². The molecule has 0 fully saturated rings. The monoisotopic (exact) mass is 267 g/mol. The Morgan fingerprint density at radius 2 is 2.12 bits per heavy atom. The Labute approximate surface area is 97.1 Å². The van der Waals surface area contributed by atoms with Crippen molar-refractivity contribution in [3.63, 3.8) is 0 Å². The van der Waals surface area contributed by atoms with Gasteiger partial charge in [0.05, 0.1) is 5.75 Å². The topological polar surface area (TPSA) is 75.6 Å². The summed E-state index contributed by atoms with van der Waals surface area (Å²) in [6, 6.07) is 3.76. The lowest BCUT2D eigenvalue weighted by Crippen LogP contribution is -2.21. The van der Waals surface area contributed by atoms with E-state index >= 15 is 0 Å². The maximum atomic E-state index is 12.1. The van der Waals surface area contributed by atoms with Crippen LogP contribution in [0.5, 0.6) is 11.5 Å². The molecule has 0 aliphatic rings. The number of sulfonamides is 1. The number of hydrogen-bond donors (Lipinski definition) is 2. The van der Waals surface area contributed by atoms with E-state index in [9.17, 15) is 22.3 Å². The zero-order valence-corrected chi connectivity index (χ0v) is 9.67. The van der Waals surface area contributed by atoms with E-state index < -0.39 is 33.9 Å². The molecule has 1 rings (SSSR count). The Bertz CT molecular complexity index is 490. The van der Waals surface area contributed by atoms with Gasteiger partial charge in [0, 0.05) is 5.56 Å². The molecule has 2 N–H and O–H groups in total. The van der Waals surface area contributed by atoms with Crippen LogP contribution in [0.3, 0.4) is 0 Å². The minimum Gasteiger partial charge on any atom is -0.504 e. The van der Waals surface area contributed by atoms with Crippen LogP contribution in [-0.2, 0) is 15.8 Å². The lowest BCUT2D eigenvalue weighted by Gasteiger charge is -2.12. The van der Waals surface area contributed by atoms with E-state index in [0.29, 0.717) is 0 Å². The van der Waals surface area contributed by atoms with Crippen molar-refractivity contribution < 1.29 is 27.0 Å². The molecule has 0 aromatic heterocycles. The molecule has 0 heterocycles. The van der Waals surface area contributed by atoms with Gasteiger partial charge in [-0.2, -0.15) is 8.78 Å². The molecule has 0 bridgehead atoms. The molecule has 96 valence electrons. The molecular weight excluding hydrogens is 256 g/mol. The molecule has 0 radical (unpaired) electrons. The molecule has 0 atom stereocenters. The summed E-state index contributed by atoms with van der Waals surface area (Å²) in [6.07, 6.45) is 0. The lowest BCUT2D eigenvalue weighted by molar-refractivity contribution is -0.0517. The van der Waals surface area contributed by atoms with Crippen LogP contribution >= 0.6 is 0 Å². The van der Waals surface area contributed by atoms with Gasteiger partial charge in [-0.1, -0.05) is 12.1 Å². The van der Waals surface area contributed by atoms with E-state index in [0.717, 1.165) is 6.07 Å². The van der Waals surface area contributed by atoms with Gasteiger partial charge in [0.1, 0.15) is 0 Å². The van der Waals surface area contributed by atoms with Gasteiger partial charge in [-0.05, 0) is 13.1 Å². The second kappa shape index (κ2) is 5.28. The molecule has 0 saturated heterocycles. The van der Waals surface area contributed by atoms with Crippen molar-refractivity contribution in [2.45, 2.75) is 12.4 Å². The Morgan fingerprint density at radius 1 is 1.47 bits per heavy atom. The largest absolute Gasteiger partial charge is 0.504 e. The Morgan fingerprint density at radius 3 is 2.65 bits per heavy atom. The SMILES string of the molecule is CNS(=O)(=O)Cc1cccc(O)c1OC(F)F. The number of para-hydroxylation sites is 1. The standard InChI is InChI=1S/C9H11F2NO4S/c1-12-17(14,15)5-6-3-2-4-7(13)8(6)16-9(10)11/h2-4,9,12-13H,5H2,1H3. The van der Waals surface area contributed by atoms with Gasteiger partial charge in [0.25, 0.3) is 0 Å². The zero-order valence-electron chi connectivity index (χ0n) is 8.85. The smallest absolute Gasteiger partial charge is 0.387 e. The van der Waals surface area contributed by atoms with Crippen molar-refractivity contribution in [2.75, 3.05) is 7.05 Å². The van der Waals surface area contributed by atoms with E-state index in [2.05, 4.69) is 4.74 Å². The quantitative estimate of drug-likeness (QED) is 0.836. The summed E-state index contributed by atoms with van der Waals surface area (Å²) in [5, 5.41) is 9.34. The van der Waals surface area contributed by atoms with Crippen LogP contribution in [-0.4, -0.2) is 27.2 Å².